The van der Waals surface area contributed by atoms with Gasteiger partial charge in [-0.15, -0.1) is 36.0 Å². The third-order valence-electron chi connectivity index (χ3n) is 3.55. The van der Waals surface area contributed by atoms with Crippen LogP contribution < -0.4 is 50.8 Å². The first-order valence-corrected chi connectivity index (χ1v) is 13.6. The summed E-state index contributed by atoms with van der Waals surface area (Å²) in [4.78, 5) is 38.4. The second kappa shape index (κ2) is 25.4. The van der Waals surface area contributed by atoms with Gasteiger partial charge in [-0.25, -0.2) is 5.26 Å². The number of carbonyl (C=O) groups excluding carboxylic acids is 2. The molecule has 0 saturated carbocycles. The van der Waals surface area contributed by atoms with Gasteiger partial charge in [-0.1, -0.05) is 34.8 Å². The van der Waals surface area contributed by atoms with Gasteiger partial charge >= 0.3 is 37.8 Å². The fourth-order valence-electron chi connectivity index (χ4n) is 2.14. The van der Waals surface area contributed by atoms with E-state index in [0.29, 0.717) is 21.6 Å². The standard InChI is InChI=1S/C10H9N5O2S.C8H9NO2.C2H3N3S.HNO2.Na.HO4P.H2/c1-6(16)12-8-4-7(2-3-9(8)17)13-15-10-14-11-5-18-10;1-6(10)9-7-4-2-3-5-8(7)11;3-2-5-4-1-6-2;2-1-3;;1-4-5(2)3;/h2-5,17H,1H3,(H,12,16);2-5,11H,1H3,(H,9,10);1H,(H2,3,5);(H,2,3);;1H;1H/q;;;;+1;;/p-1. The molecule has 7 N–H and O–H groups in total. The van der Waals surface area contributed by atoms with Gasteiger partial charge in [0.25, 0.3) is 5.13 Å². The van der Waals surface area contributed by atoms with Gasteiger partial charge < -0.3 is 41.6 Å². The molecule has 1 atom stereocenters. The molecule has 2 amide bonds. The molecule has 4 aromatic rings. The Morgan fingerprint density at radius 3 is 1.93 bits per heavy atom. The van der Waals surface area contributed by atoms with Crippen molar-refractivity contribution in [3.8, 4) is 11.5 Å². The Bertz CT molecular complexity index is 1440. The zero-order valence-corrected chi connectivity index (χ0v) is 27.4. The molecule has 0 bridgehead atoms. The van der Waals surface area contributed by atoms with E-state index in [4.69, 9.17) is 35.7 Å². The SMILES string of the molecule is CC(=O)Nc1cc(N=Nc2nncs2)ccc1O.CC(=O)Nc1ccccc1O.Nc1nncs1.O=N[O-].O=[P+]([O-])OO.[HH].[Na+]. The Hall–Kier alpha value is -4.12. The summed E-state index contributed by atoms with van der Waals surface area (Å²) < 4.78 is 11.6. The Labute approximate surface area is 280 Å². The number of azo groups is 1. The fraction of sp³-hybridized carbons (Fsp3) is 0.100. The van der Waals surface area contributed by atoms with Crippen molar-refractivity contribution >= 4 is 70.1 Å². The molecule has 0 aliphatic carbocycles. The summed E-state index contributed by atoms with van der Waals surface area (Å²) in [5.41, 5.74) is 9.49. The molecule has 20 nitrogen and oxygen atoms in total. The number of rotatable bonds is 5. The average molecular weight is 683 g/mol. The number of phenolic OH excluding ortho intramolecular Hbond substituents is 2. The zero-order valence-electron chi connectivity index (χ0n) is 22.9. The number of hydrogen-bond donors (Lipinski definition) is 6. The molecule has 2 aromatic heterocycles. The van der Waals surface area contributed by atoms with Crippen molar-refractivity contribution in [2.45, 2.75) is 13.8 Å². The minimum absolute atomic E-state index is 0. The predicted molar refractivity (Wildman–Crippen MR) is 156 cm³/mol. The van der Waals surface area contributed by atoms with Crippen molar-refractivity contribution in [3.63, 3.8) is 0 Å². The maximum Gasteiger partial charge on any atom is 1.00 e. The number of anilines is 3. The molecule has 44 heavy (non-hydrogen) atoms. The van der Waals surface area contributed by atoms with E-state index in [2.05, 4.69) is 45.9 Å². The van der Waals surface area contributed by atoms with Gasteiger partial charge in [-0.05, 0) is 34.9 Å². The normalized spacial score (nSPS) is 9.41. The molecule has 1 unspecified atom stereocenters. The van der Waals surface area contributed by atoms with Crippen LogP contribution in [0.1, 0.15) is 15.3 Å². The van der Waals surface area contributed by atoms with Crippen molar-refractivity contribution < 1.29 is 70.2 Å². The molecule has 4 rings (SSSR count). The number of benzene rings is 2. The van der Waals surface area contributed by atoms with Crippen molar-refractivity contribution in [2.75, 3.05) is 16.4 Å². The Kier molecular flexibility index (Phi) is 24.2. The third kappa shape index (κ3) is 21.6. The number of carbonyl (C=O) groups is 2. The van der Waals surface area contributed by atoms with E-state index in [1.165, 1.54) is 54.7 Å². The van der Waals surface area contributed by atoms with E-state index >= 15 is 0 Å². The van der Waals surface area contributed by atoms with Crippen LogP contribution in [0.3, 0.4) is 0 Å². The van der Waals surface area contributed by atoms with Crippen LogP contribution in [0.15, 0.2) is 69.1 Å². The van der Waals surface area contributed by atoms with Crippen molar-refractivity contribution in [1.29, 1.82) is 0 Å². The molecule has 0 fully saturated rings. The van der Waals surface area contributed by atoms with Gasteiger partial charge in [0, 0.05) is 19.9 Å². The van der Waals surface area contributed by atoms with Crippen molar-refractivity contribution in [3.05, 3.63) is 63.6 Å². The van der Waals surface area contributed by atoms with Crippen LogP contribution in [0.4, 0.5) is 27.3 Å². The van der Waals surface area contributed by atoms with Gasteiger partial charge in [0.05, 0.1) is 17.1 Å². The summed E-state index contributed by atoms with van der Waals surface area (Å²) in [5.74, 6) is -0.405. The van der Waals surface area contributed by atoms with E-state index < -0.39 is 8.25 Å². The molecule has 0 aliphatic rings. The van der Waals surface area contributed by atoms with E-state index in [9.17, 15) is 14.7 Å². The van der Waals surface area contributed by atoms with Crippen LogP contribution in [0.5, 0.6) is 11.5 Å². The Morgan fingerprint density at radius 2 is 1.50 bits per heavy atom. The second-order valence-corrected chi connectivity index (χ2v) is 8.95. The van der Waals surface area contributed by atoms with Crippen molar-refractivity contribution in [1.82, 2.24) is 20.4 Å². The molecular weight excluding hydrogens is 658 g/mol. The molecule has 2 aromatic carbocycles. The molecule has 0 radical (unpaired) electrons. The van der Waals surface area contributed by atoms with E-state index in [1.807, 2.05) is 0 Å². The van der Waals surface area contributed by atoms with Crippen LogP contribution in [0.25, 0.3) is 0 Å². The smallest absolute Gasteiger partial charge is 0.565 e. The number of phenols is 2. The molecular formula is C20H24N10NaO10PS2. The number of nitrogens with zero attached hydrogens (tertiary/aromatic N) is 7. The largest absolute Gasteiger partial charge is 1.00 e. The summed E-state index contributed by atoms with van der Waals surface area (Å²) in [5, 5.41) is 62.7. The number of para-hydroxylation sites is 2. The van der Waals surface area contributed by atoms with Crippen LogP contribution in [0, 0.1) is 10.1 Å². The van der Waals surface area contributed by atoms with Gasteiger partial charge in [0.15, 0.2) is 0 Å². The summed E-state index contributed by atoms with van der Waals surface area (Å²) in [6.45, 7) is 2.75. The molecule has 2 heterocycles. The number of amides is 2. The third-order valence-corrected chi connectivity index (χ3v) is 4.78. The fourth-order valence-corrected chi connectivity index (χ4v) is 2.81. The van der Waals surface area contributed by atoms with Crippen molar-refractivity contribution in [2.24, 2.45) is 15.6 Å². The summed E-state index contributed by atoms with van der Waals surface area (Å²) >= 11 is 2.59. The Morgan fingerprint density at radius 1 is 0.977 bits per heavy atom. The molecule has 0 saturated heterocycles. The van der Waals surface area contributed by atoms with E-state index in [-0.39, 0.29) is 60.0 Å². The van der Waals surface area contributed by atoms with Gasteiger partial charge in [0.2, 0.25) is 16.9 Å². The minimum atomic E-state index is -3.04. The maximum absolute atomic E-state index is 10.9. The molecule has 0 aliphatic heterocycles. The molecule has 0 spiro atoms. The molecule has 232 valence electrons. The van der Waals surface area contributed by atoms with Crippen LogP contribution >= 0.6 is 30.9 Å². The van der Waals surface area contributed by atoms with Crippen LogP contribution in [0.2, 0.25) is 0 Å². The number of aromatic hydroxyl groups is 2. The number of nitrogens with two attached hydrogens (primary N) is 1. The second-order valence-electron chi connectivity index (χ2n) is 6.66. The quantitative estimate of drug-likeness (QED) is 0.0326. The summed E-state index contributed by atoms with van der Waals surface area (Å²) in [6.07, 6.45) is 0. The van der Waals surface area contributed by atoms with Gasteiger partial charge in [0.1, 0.15) is 22.5 Å². The van der Waals surface area contributed by atoms with E-state index in [0.717, 1.165) is 5.34 Å². The topological polar surface area (TPSA) is 323 Å². The van der Waals surface area contributed by atoms with E-state index in [1.54, 1.807) is 35.3 Å². The average Bonchev–Trinajstić information content (AvgIpc) is 3.66. The predicted octanol–water partition coefficient (Wildman–Crippen LogP) is 1.08. The Balaban J connectivity index is -0.000000558. The number of hydrogen-bond acceptors (Lipinski definition) is 20. The first kappa shape index (κ1) is 42.0. The summed E-state index contributed by atoms with van der Waals surface area (Å²) in [6, 6.07) is 11.1. The maximum atomic E-state index is 10.9. The first-order valence-electron chi connectivity index (χ1n) is 10.7. The van der Waals surface area contributed by atoms with Gasteiger partial charge in [-0.2, -0.15) is 0 Å². The molecule has 24 heteroatoms. The first-order chi connectivity index (χ1) is 20.4. The number of nitrogens with one attached hydrogen (secondary N) is 2. The minimum Gasteiger partial charge on any atom is -0.565 e. The summed E-state index contributed by atoms with van der Waals surface area (Å²) in [7, 11) is -3.04. The van der Waals surface area contributed by atoms with Gasteiger partial charge in [-0.3, -0.25) is 9.59 Å². The van der Waals surface area contributed by atoms with Crippen LogP contribution in [-0.2, 0) is 18.8 Å². The van der Waals surface area contributed by atoms with Crippen LogP contribution in [-0.4, -0.2) is 47.7 Å². The number of aromatic nitrogens is 4. The monoisotopic (exact) mass is 682 g/mol. The number of nitrogen functional groups attached to an aromatic ring is 1. The zero-order chi connectivity index (χ0) is 32.6.